The van der Waals surface area contributed by atoms with Crippen LogP contribution < -0.4 is 10.0 Å². The maximum Gasteiger partial charge on any atom is 0.257 e. The highest BCUT2D eigenvalue weighted by Crippen LogP contribution is 2.22. The van der Waals surface area contributed by atoms with Crippen molar-refractivity contribution >= 4 is 33.2 Å². The standard InChI is InChI=1S/C19H19ClN4O3S/c1-12-13(2)24(11-22-12)15-6-4-14(5-7-15)23-19(25)17-10-16(8-9-18(17)20)28(26,27)21-3/h4-11,21H,1-3H3,(H,23,25). The quantitative estimate of drug-likeness (QED) is 0.664. The van der Waals surface area contributed by atoms with Gasteiger partial charge in [-0.05, 0) is 63.4 Å². The molecular weight excluding hydrogens is 400 g/mol. The van der Waals surface area contributed by atoms with Gasteiger partial charge in [-0.3, -0.25) is 4.79 Å². The van der Waals surface area contributed by atoms with Crippen LogP contribution in [0.5, 0.6) is 0 Å². The molecule has 0 fully saturated rings. The van der Waals surface area contributed by atoms with Crippen molar-refractivity contribution in [2.24, 2.45) is 0 Å². The molecule has 9 heteroatoms. The van der Waals surface area contributed by atoms with E-state index in [1.54, 1.807) is 18.5 Å². The van der Waals surface area contributed by atoms with Gasteiger partial charge in [0, 0.05) is 17.1 Å². The normalized spacial score (nSPS) is 11.4. The number of anilines is 1. The molecule has 0 bridgehead atoms. The second kappa shape index (κ2) is 7.75. The average molecular weight is 419 g/mol. The number of carbonyl (C=O) groups excluding carboxylic acids is 1. The Morgan fingerprint density at radius 3 is 2.36 bits per heavy atom. The van der Waals surface area contributed by atoms with Gasteiger partial charge in [-0.1, -0.05) is 11.6 Å². The first-order valence-corrected chi connectivity index (χ1v) is 10.2. The van der Waals surface area contributed by atoms with Crippen LogP contribution in [0.15, 0.2) is 53.7 Å². The lowest BCUT2D eigenvalue weighted by atomic mass is 10.2. The Morgan fingerprint density at radius 1 is 1.11 bits per heavy atom. The van der Waals surface area contributed by atoms with E-state index in [0.29, 0.717) is 5.69 Å². The molecule has 0 aliphatic rings. The lowest BCUT2D eigenvalue weighted by Crippen LogP contribution is -2.20. The minimum atomic E-state index is -3.68. The highest BCUT2D eigenvalue weighted by atomic mass is 35.5. The Labute approximate surface area is 168 Å². The predicted molar refractivity (Wildman–Crippen MR) is 109 cm³/mol. The fourth-order valence-corrected chi connectivity index (χ4v) is 3.59. The van der Waals surface area contributed by atoms with Gasteiger partial charge in [0.15, 0.2) is 0 Å². The van der Waals surface area contributed by atoms with E-state index in [1.165, 1.54) is 25.2 Å². The maximum atomic E-state index is 12.6. The first-order valence-electron chi connectivity index (χ1n) is 8.38. The summed E-state index contributed by atoms with van der Waals surface area (Å²) in [6, 6.07) is 11.2. The zero-order valence-electron chi connectivity index (χ0n) is 15.5. The molecule has 0 radical (unpaired) electrons. The predicted octanol–water partition coefficient (Wildman–Crippen LogP) is 3.30. The summed E-state index contributed by atoms with van der Waals surface area (Å²) in [6.45, 7) is 3.92. The van der Waals surface area contributed by atoms with Crippen molar-refractivity contribution in [2.45, 2.75) is 18.7 Å². The minimum absolute atomic E-state index is 0.0362. The van der Waals surface area contributed by atoms with E-state index >= 15 is 0 Å². The Balaban J connectivity index is 1.84. The van der Waals surface area contributed by atoms with E-state index < -0.39 is 15.9 Å². The average Bonchev–Trinajstić information content (AvgIpc) is 3.01. The molecule has 0 spiro atoms. The largest absolute Gasteiger partial charge is 0.322 e. The van der Waals surface area contributed by atoms with Gasteiger partial charge in [-0.15, -0.1) is 0 Å². The number of rotatable bonds is 5. The van der Waals surface area contributed by atoms with Gasteiger partial charge in [-0.25, -0.2) is 18.1 Å². The smallest absolute Gasteiger partial charge is 0.257 e. The Kier molecular flexibility index (Phi) is 5.55. The molecule has 3 rings (SSSR count). The number of halogens is 1. The summed E-state index contributed by atoms with van der Waals surface area (Å²) in [5.74, 6) is -0.499. The van der Waals surface area contributed by atoms with Crippen LogP contribution in [-0.4, -0.2) is 30.9 Å². The zero-order valence-corrected chi connectivity index (χ0v) is 17.1. The number of nitrogens with one attached hydrogen (secondary N) is 2. The number of carbonyl (C=O) groups is 1. The van der Waals surface area contributed by atoms with E-state index in [1.807, 2.05) is 30.5 Å². The maximum absolute atomic E-state index is 12.6. The van der Waals surface area contributed by atoms with Crippen LogP contribution in [0.4, 0.5) is 5.69 Å². The third-order valence-corrected chi connectivity index (χ3v) is 6.16. The molecule has 146 valence electrons. The molecule has 1 amide bonds. The molecule has 2 N–H and O–H groups in total. The summed E-state index contributed by atoms with van der Waals surface area (Å²) in [6.07, 6.45) is 1.74. The lowest BCUT2D eigenvalue weighted by Gasteiger charge is -2.10. The topological polar surface area (TPSA) is 93.1 Å². The molecule has 2 aromatic carbocycles. The summed E-state index contributed by atoms with van der Waals surface area (Å²) in [5, 5.41) is 2.89. The van der Waals surface area contributed by atoms with Crippen molar-refractivity contribution in [3.05, 3.63) is 70.8 Å². The highest BCUT2D eigenvalue weighted by molar-refractivity contribution is 7.89. The van der Waals surface area contributed by atoms with E-state index in [4.69, 9.17) is 11.6 Å². The molecule has 1 heterocycles. The van der Waals surface area contributed by atoms with Crippen molar-refractivity contribution in [2.75, 3.05) is 12.4 Å². The highest BCUT2D eigenvalue weighted by Gasteiger charge is 2.17. The number of sulfonamides is 1. The Bertz CT molecular complexity index is 1140. The number of hydrogen-bond donors (Lipinski definition) is 2. The zero-order chi connectivity index (χ0) is 20.5. The summed E-state index contributed by atoms with van der Waals surface area (Å²) >= 11 is 6.09. The number of aryl methyl sites for hydroxylation is 1. The first-order chi connectivity index (χ1) is 13.2. The van der Waals surface area contributed by atoms with Crippen molar-refractivity contribution in [1.29, 1.82) is 0 Å². The molecule has 0 saturated carbocycles. The Hall–Kier alpha value is -2.68. The van der Waals surface area contributed by atoms with Crippen molar-refractivity contribution in [3.63, 3.8) is 0 Å². The van der Waals surface area contributed by atoms with Crippen LogP contribution in [0.2, 0.25) is 5.02 Å². The van der Waals surface area contributed by atoms with Gasteiger partial charge < -0.3 is 9.88 Å². The summed E-state index contributed by atoms with van der Waals surface area (Å²) in [4.78, 5) is 16.8. The van der Waals surface area contributed by atoms with Gasteiger partial charge in [0.05, 0.1) is 27.5 Å². The summed E-state index contributed by atoms with van der Waals surface area (Å²) in [5.41, 5.74) is 3.52. The van der Waals surface area contributed by atoms with E-state index in [0.717, 1.165) is 17.1 Å². The van der Waals surface area contributed by atoms with Gasteiger partial charge >= 0.3 is 0 Å². The van der Waals surface area contributed by atoms with Gasteiger partial charge in [0.2, 0.25) is 10.0 Å². The number of aromatic nitrogens is 2. The molecule has 0 unspecified atom stereocenters. The lowest BCUT2D eigenvalue weighted by molar-refractivity contribution is 0.102. The first kappa shape index (κ1) is 20.1. The monoisotopic (exact) mass is 418 g/mol. The molecule has 28 heavy (non-hydrogen) atoms. The molecule has 0 atom stereocenters. The van der Waals surface area contributed by atoms with E-state index in [9.17, 15) is 13.2 Å². The molecule has 7 nitrogen and oxygen atoms in total. The SMILES string of the molecule is CNS(=O)(=O)c1ccc(Cl)c(C(=O)Nc2ccc(-n3cnc(C)c3C)cc2)c1. The molecular formula is C19H19ClN4O3S. The number of imidazole rings is 1. The van der Waals surface area contributed by atoms with Crippen LogP contribution >= 0.6 is 11.6 Å². The molecule has 0 aliphatic carbocycles. The van der Waals surface area contributed by atoms with Gasteiger partial charge in [-0.2, -0.15) is 0 Å². The van der Waals surface area contributed by atoms with E-state index in [2.05, 4.69) is 15.0 Å². The number of nitrogens with zero attached hydrogens (tertiary/aromatic N) is 2. The molecule has 1 aromatic heterocycles. The minimum Gasteiger partial charge on any atom is -0.322 e. The van der Waals surface area contributed by atoms with Crippen LogP contribution in [0, 0.1) is 13.8 Å². The third-order valence-electron chi connectivity index (χ3n) is 4.42. The van der Waals surface area contributed by atoms with Crippen LogP contribution in [0.1, 0.15) is 21.7 Å². The number of amides is 1. The fraction of sp³-hybridized carbons (Fsp3) is 0.158. The van der Waals surface area contributed by atoms with Crippen LogP contribution in [0.3, 0.4) is 0 Å². The van der Waals surface area contributed by atoms with Crippen molar-refractivity contribution in [1.82, 2.24) is 14.3 Å². The third kappa shape index (κ3) is 3.94. The summed E-state index contributed by atoms with van der Waals surface area (Å²) < 4.78 is 28.1. The molecule has 0 aliphatic heterocycles. The van der Waals surface area contributed by atoms with Gasteiger partial charge in [0.1, 0.15) is 0 Å². The number of benzene rings is 2. The van der Waals surface area contributed by atoms with Crippen molar-refractivity contribution < 1.29 is 13.2 Å². The second-order valence-corrected chi connectivity index (χ2v) is 8.43. The Morgan fingerprint density at radius 2 is 1.79 bits per heavy atom. The van der Waals surface area contributed by atoms with Crippen LogP contribution in [0.25, 0.3) is 5.69 Å². The number of hydrogen-bond acceptors (Lipinski definition) is 4. The molecule has 3 aromatic rings. The fourth-order valence-electron chi connectivity index (χ4n) is 2.63. The second-order valence-electron chi connectivity index (χ2n) is 6.14. The summed E-state index contributed by atoms with van der Waals surface area (Å²) in [7, 11) is -2.38. The van der Waals surface area contributed by atoms with Gasteiger partial charge in [0.25, 0.3) is 5.91 Å². The van der Waals surface area contributed by atoms with E-state index in [-0.39, 0.29) is 15.5 Å². The van der Waals surface area contributed by atoms with Crippen LogP contribution in [-0.2, 0) is 10.0 Å². The van der Waals surface area contributed by atoms with Crippen molar-refractivity contribution in [3.8, 4) is 5.69 Å². The molecule has 0 saturated heterocycles.